The number of hydrogen-bond acceptors (Lipinski definition) is 3. The summed E-state index contributed by atoms with van der Waals surface area (Å²) in [4.78, 5) is 39.1. The van der Waals surface area contributed by atoms with Gasteiger partial charge in [-0.15, -0.1) is 0 Å². The second kappa shape index (κ2) is 9.53. The third-order valence-corrected chi connectivity index (χ3v) is 5.29. The van der Waals surface area contributed by atoms with Crippen molar-refractivity contribution >= 4 is 46.5 Å². The van der Waals surface area contributed by atoms with Gasteiger partial charge < -0.3 is 16.0 Å². The first-order valence-corrected chi connectivity index (χ1v) is 10.5. The molecule has 0 aliphatic carbocycles. The van der Waals surface area contributed by atoms with Crippen LogP contribution in [0.4, 0.5) is 21.9 Å². The Morgan fingerprint density at radius 1 is 0.875 bits per heavy atom. The van der Waals surface area contributed by atoms with Gasteiger partial charge in [0, 0.05) is 35.1 Å². The van der Waals surface area contributed by atoms with Crippen LogP contribution >= 0.6 is 11.6 Å². The Hall–Kier alpha value is -3.84. The molecule has 1 fully saturated rings. The normalized spacial score (nSPS) is 13.3. The Bertz CT molecular complexity index is 1150. The highest BCUT2D eigenvalue weighted by atomic mass is 35.5. The first-order chi connectivity index (χ1) is 15.5. The van der Waals surface area contributed by atoms with Crippen LogP contribution in [0.25, 0.3) is 0 Å². The first kappa shape index (κ1) is 21.4. The van der Waals surface area contributed by atoms with Crippen LogP contribution in [0.5, 0.6) is 0 Å². The quantitative estimate of drug-likeness (QED) is 0.525. The van der Waals surface area contributed by atoms with Crippen molar-refractivity contribution in [3.63, 3.8) is 0 Å². The van der Waals surface area contributed by atoms with Crippen LogP contribution in [0.1, 0.15) is 27.1 Å². The van der Waals surface area contributed by atoms with Crippen molar-refractivity contribution in [3.8, 4) is 0 Å². The summed E-state index contributed by atoms with van der Waals surface area (Å²) in [6.45, 7) is 1.33. The molecule has 162 valence electrons. The number of anilines is 3. The van der Waals surface area contributed by atoms with E-state index in [1.165, 1.54) is 0 Å². The van der Waals surface area contributed by atoms with Crippen LogP contribution in [-0.2, 0) is 0 Å². The number of carbonyl (C=O) groups is 3. The van der Waals surface area contributed by atoms with Crippen LogP contribution in [0.15, 0.2) is 72.8 Å². The number of halogens is 1. The lowest BCUT2D eigenvalue weighted by atomic mass is 10.1. The molecule has 0 spiro atoms. The van der Waals surface area contributed by atoms with E-state index in [4.69, 9.17) is 11.6 Å². The van der Waals surface area contributed by atoms with E-state index < -0.39 is 0 Å². The van der Waals surface area contributed by atoms with Gasteiger partial charge in [0.05, 0.1) is 11.3 Å². The third-order valence-electron chi connectivity index (χ3n) is 5.04. The van der Waals surface area contributed by atoms with E-state index in [0.717, 1.165) is 12.1 Å². The maximum atomic E-state index is 12.9. The summed E-state index contributed by atoms with van der Waals surface area (Å²) in [5.74, 6) is -0.702. The average Bonchev–Trinajstić information content (AvgIpc) is 2.81. The lowest BCUT2D eigenvalue weighted by Gasteiger charge is -2.27. The minimum Gasteiger partial charge on any atom is -0.338 e. The molecule has 1 saturated heterocycles. The van der Waals surface area contributed by atoms with Crippen molar-refractivity contribution in [1.82, 2.24) is 5.32 Å². The van der Waals surface area contributed by atoms with E-state index in [2.05, 4.69) is 16.0 Å². The van der Waals surface area contributed by atoms with Gasteiger partial charge in [0.15, 0.2) is 0 Å². The lowest BCUT2D eigenvalue weighted by Crippen LogP contribution is -2.46. The number of amides is 4. The number of para-hydroxylation sites is 1. The Balaban J connectivity index is 1.46. The summed E-state index contributed by atoms with van der Waals surface area (Å²) in [6.07, 6.45) is 0.878. The summed E-state index contributed by atoms with van der Waals surface area (Å²) in [5.41, 5.74) is 2.49. The van der Waals surface area contributed by atoms with E-state index in [1.807, 2.05) is 0 Å². The highest BCUT2D eigenvalue weighted by Gasteiger charge is 2.19. The third kappa shape index (κ3) is 4.90. The second-order valence-corrected chi connectivity index (χ2v) is 7.68. The smallest absolute Gasteiger partial charge is 0.321 e. The average molecular weight is 449 g/mol. The fourth-order valence-electron chi connectivity index (χ4n) is 3.38. The number of benzene rings is 3. The van der Waals surface area contributed by atoms with Crippen molar-refractivity contribution < 1.29 is 14.4 Å². The molecule has 0 bridgehead atoms. The molecule has 4 amide bonds. The molecule has 3 aromatic rings. The molecule has 0 atom stereocenters. The van der Waals surface area contributed by atoms with E-state index in [0.29, 0.717) is 40.6 Å². The number of nitrogens with one attached hydrogen (secondary N) is 3. The molecule has 32 heavy (non-hydrogen) atoms. The van der Waals surface area contributed by atoms with Crippen molar-refractivity contribution in [1.29, 1.82) is 0 Å². The second-order valence-electron chi connectivity index (χ2n) is 7.24. The van der Waals surface area contributed by atoms with Crippen molar-refractivity contribution in [2.45, 2.75) is 6.42 Å². The molecule has 0 aromatic heterocycles. The Kier molecular flexibility index (Phi) is 6.37. The van der Waals surface area contributed by atoms with Gasteiger partial charge >= 0.3 is 6.03 Å². The molecule has 0 radical (unpaired) electrons. The molecule has 0 saturated carbocycles. The zero-order valence-electron chi connectivity index (χ0n) is 17.1. The fourth-order valence-corrected chi connectivity index (χ4v) is 3.51. The number of hydrogen-bond donors (Lipinski definition) is 3. The van der Waals surface area contributed by atoms with Gasteiger partial charge in [-0.1, -0.05) is 23.7 Å². The zero-order chi connectivity index (χ0) is 22.5. The molecule has 3 N–H and O–H groups in total. The molecule has 0 unspecified atom stereocenters. The van der Waals surface area contributed by atoms with Gasteiger partial charge in [-0.25, -0.2) is 4.79 Å². The predicted molar refractivity (Wildman–Crippen MR) is 126 cm³/mol. The van der Waals surface area contributed by atoms with Gasteiger partial charge in [0.2, 0.25) is 0 Å². The van der Waals surface area contributed by atoms with Gasteiger partial charge in [-0.3, -0.25) is 14.5 Å². The number of rotatable bonds is 5. The van der Waals surface area contributed by atoms with Gasteiger partial charge in [-0.05, 0) is 67.1 Å². The molecule has 1 aliphatic rings. The summed E-state index contributed by atoms with van der Waals surface area (Å²) in [5, 5.41) is 8.96. The maximum absolute atomic E-state index is 12.9. The molecule has 1 aliphatic heterocycles. The highest BCUT2D eigenvalue weighted by molar-refractivity contribution is 6.30. The van der Waals surface area contributed by atoms with E-state index >= 15 is 0 Å². The number of nitrogens with zero attached hydrogens (tertiary/aromatic N) is 1. The number of urea groups is 1. The number of carbonyl (C=O) groups excluding carboxylic acids is 3. The van der Waals surface area contributed by atoms with Crippen LogP contribution in [-0.4, -0.2) is 30.9 Å². The highest BCUT2D eigenvalue weighted by Crippen LogP contribution is 2.22. The molecule has 7 nitrogen and oxygen atoms in total. The zero-order valence-corrected chi connectivity index (χ0v) is 17.9. The molecule has 1 heterocycles. The van der Waals surface area contributed by atoms with Crippen LogP contribution in [0.2, 0.25) is 5.02 Å². The Morgan fingerprint density at radius 2 is 1.59 bits per heavy atom. The van der Waals surface area contributed by atoms with Crippen molar-refractivity contribution in [2.75, 3.05) is 28.6 Å². The van der Waals surface area contributed by atoms with Crippen molar-refractivity contribution in [2.24, 2.45) is 0 Å². The molecular formula is C24H21ClN4O3. The molecule has 3 aromatic carbocycles. The van der Waals surface area contributed by atoms with E-state index in [9.17, 15) is 14.4 Å². The van der Waals surface area contributed by atoms with Crippen LogP contribution in [0, 0.1) is 0 Å². The fraction of sp³-hybridized carbons (Fsp3) is 0.125. The summed E-state index contributed by atoms with van der Waals surface area (Å²) in [6, 6.07) is 20.2. The molecule has 4 rings (SSSR count). The minimum atomic E-state index is -0.361. The van der Waals surface area contributed by atoms with Crippen LogP contribution in [0.3, 0.4) is 0 Å². The summed E-state index contributed by atoms with van der Waals surface area (Å²) in [7, 11) is 0. The Morgan fingerprint density at radius 3 is 2.31 bits per heavy atom. The van der Waals surface area contributed by atoms with E-state index in [1.54, 1.807) is 77.7 Å². The predicted octanol–water partition coefficient (Wildman–Crippen LogP) is 4.76. The molecular weight excluding hydrogens is 428 g/mol. The molecule has 8 heteroatoms. The SMILES string of the molecule is O=C(Nc1ccccc1C(=O)Nc1ccc(N2CCCNC2=O)cc1)c1ccc(Cl)cc1. The van der Waals surface area contributed by atoms with E-state index in [-0.39, 0.29) is 17.8 Å². The van der Waals surface area contributed by atoms with Gasteiger partial charge in [0.25, 0.3) is 11.8 Å². The van der Waals surface area contributed by atoms with Gasteiger partial charge in [0.1, 0.15) is 0 Å². The largest absolute Gasteiger partial charge is 0.338 e. The minimum absolute atomic E-state index is 0.126. The maximum Gasteiger partial charge on any atom is 0.321 e. The lowest BCUT2D eigenvalue weighted by molar-refractivity contribution is 0.102. The Labute approximate surface area is 190 Å². The first-order valence-electron chi connectivity index (χ1n) is 10.1. The summed E-state index contributed by atoms with van der Waals surface area (Å²) < 4.78 is 0. The standard InChI is InChI=1S/C24H21ClN4O3/c25-17-8-6-16(7-9-17)22(30)28-21-5-2-1-4-20(21)23(31)27-18-10-12-19(13-11-18)29-15-3-14-26-24(29)32/h1-2,4-13H,3,14-15H2,(H,26,32)(H,27,31)(H,28,30). The summed E-state index contributed by atoms with van der Waals surface area (Å²) >= 11 is 5.87. The monoisotopic (exact) mass is 448 g/mol. The van der Waals surface area contributed by atoms with Crippen molar-refractivity contribution in [3.05, 3.63) is 88.9 Å². The topological polar surface area (TPSA) is 90.5 Å². The van der Waals surface area contributed by atoms with Gasteiger partial charge in [-0.2, -0.15) is 0 Å². The van der Waals surface area contributed by atoms with Crippen LogP contribution < -0.4 is 20.9 Å².